The minimum absolute atomic E-state index is 0.120. The summed E-state index contributed by atoms with van der Waals surface area (Å²) < 4.78 is 16.5. The fraction of sp³-hybridized carbons (Fsp3) is 0.160. The molecule has 3 aromatic carbocycles. The van der Waals surface area contributed by atoms with Gasteiger partial charge in [-0.25, -0.2) is 0 Å². The number of hydrogen-bond donors (Lipinski definition) is 0. The van der Waals surface area contributed by atoms with Gasteiger partial charge >= 0.3 is 0 Å². The number of carbonyl (C=O) groups excluding carboxylic acids is 1. The van der Waals surface area contributed by atoms with Crippen molar-refractivity contribution >= 4 is 41.0 Å². The number of hydrogen-bond acceptors (Lipinski definition) is 5. The van der Waals surface area contributed by atoms with E-state index in [0.29, 0.717) is 32.9 Å². The molecule has 0 aliphatic carbocycles. The summed E-state index contributed by atoms with van der Waals surface area (Å²) in [5, 5.41) is 0.130. The minimum Gasteiger partial charge on any atom is -0.493 e. The molecule has 32 heavy (non-hydrogen) atoms. The van der Waals surface area contributed by atoms with Gasteiger partial charge in [0.05, 0.1) is 36.9 Å². The van der Waals surface area contributed by atoms with Crippen LogP contribution in [0.5, 0.6) is 17.2 Å². The number of para-hydroxylation sites is 1. The van der Waals surface area contributed by atoms with E-state index in [1.165, 1.54) is 11.8 Å². The summed E-state index contributed by atoms with van der Waals surface area (Å²) in [5.41, 5.74) is 2.42. The third-order valence-electron chi connectivity index (χ3n) is 5.08. The highest BCUT2D eigenvalue weighted by atomic mass is 35.5. The standard InChI is InChI=1S/C25H22ClNO4S/c1-29-20-14-17(15-21(30-2)23(20)31-3)25-27(19-12-8-7-11-18(19)26)24(28)22(32-25)13-16-9-5-4-6-10-16/h4-15,25H,1-3H3/b22-13-. The van der Waals surface area contributed by atoms with E-state index in [-0.39, 0.29) is 11.3 Å². The zero-order valence-corrected chi connectivity index (χ0v) is 19.4. The van der Waals surface area contributed by atoms with Crippen LogP contribution in [0.25, 0.3) is 6.08 Å². The number of thioether (sulfide) groups is 1. The Morgan fingerprint density at radius 1 is 0.906 bits per heavy atom. The molecule has 1 fully saturated rings. The topological polar surface area (TPSA) is 48.0 Å². The van der Waals surface area contributed by atoms with Gasteiger partial charge < -0.3 is 14.2 Å². The normalized spacial score (nSPS) is 17.0. The number of halogens is 1. The first-order valence-corrected chi connectivity index (χ1v) is 11.1. The van der Waals surface area contributed by atoms with Gasteiger partial charge in [0.25, 0.3) is 5.91 Å². The van der Waals surface area contributed by atoms with E-state index in [2.05, 4.69) is 0 Å². The molecule has 1 amide bonds. The van der Waals surface area contributed by atoms with E-state index in [1.807, 2.05) is 66.7 Å². The van der Waals surface area contributed by atoms with E-state index < -0.39 is 0 Å². The van der Waals surface area contributed by atoms with E-state index in [1.54, 1.807) is 32.3 Å². The molecule has 0 bridgehead atoms. The highest BCUT2D eigenvalue weighted by Crippen LogP contribution is 2.52. The summed E-state index contributed by atoms with van der Waals surface area (Å²) in [7, 11) is 4.70. The summed E-state index contributed by atoms with van der Waals surface area (Å²) in [6.07, 6.45) is 1.90. The molecular formula is C25H22ClNO4S. The van der Waals surface area contributed by atoms with Crippen LogP contribution >= 0.6 is 23.4 Å². The Morgan fingerprint density at radius 3 is 2.12 bits per heavy atom. The molecule has 1 heterocycles. The van der Waals surface area contributed by atoms with Crippen LogP contribution < -0.4 is 19.1 Å². The zero-order chi connectivity index (χ0) is 22.7. The molecule has 1 aliphatic heterocycles. The van der Waals surface area contributed by atoms with Crippen LogP contribution in [0.15, 0.2) is 71.6 Å². The monoisotopic (exact) mass is 467 g/mol. The van der Waals surface area contributed by atoms with Gasteiger partial charge in [-0.3, -0.25) is 9.69 Å². The van der Waals surface area contributed by atoms with Crippen LogP contribution in [0.2, 0.25) is 5.02 Å². The maximum absolute atomic E-state index is 13.6. The Balaban J connectivity index is 1.86. The van der Waals surface area contributed by atoms with E-state index in [9.17, 15) is 4.79 Å². The highest BCUT2D eigenvalue weighted by Gasteiger charge is 2.40. The lowest BCUT2D eigenvalue weighted by atomic mass is 10.1. The summed E-state index contributed by atoms with van der Waals surface area (Å²) in [4.78, 5) is 15.9. The van der Waals surface area contributed by atoms with Crippen LogP contribution in [0.3, 0.4) is 0 Å². The smallest absolute Gasteiger partial charge is 0.266 e. The maximum atomic E-state index is 13.6. The first-order chi connectivity index (χ1) is 15.6. The lowest BCUT2D eigenvalue weighted by molar-refractivity contribution is -0.114. The first-order valence-electron chi connectivity index (χ1n) is 9.88. The Hall–Kier alpha value is -3.09. The summed E-state index contributed by atoms with van der Waals surface area (Å²) in [6.45, 7) is 0. The van der Waals surface area contributed by atoms with Gasteiger partial charge in [0.15, 0.2) is 11.5 Å². The minimum atomic E-state index is -0.369. The van der Waals surface area contributed by atoms with E-state index >= 15 is 0 Å². The molecule has 0 saturated carbocycles. The average molecular weight is 468 g/mol. The van der Waals surface area contributed by atoms with Crippen molar-refractivity contribution in [3.8, 4) is 17.2 Å². The number of benzene rings is 3. The SMILES string of the molecule is COc1cc(C2S/C(=C\c3ccccc3)C(=O)N2c2ccccc2Cl)cc(OC)c1OC. The summed E-state index contributed by atoms with van der Waals surface area (Å²) >= 11 is 7.96. The van der Waals surface area contributed by atoms with Gasteiger partial charge in [-0.2, -0.15) is 0 Å². The number of rotatable bonds is 6. The van der Waals surface area contributed by atoms with Crippen molar-refractivity contribution in [3.05, 3.63) is 87.8 Å². The van der Waals surface area contributed by atoms with Gasteiger partial charge in [0.2, 0.25) is 5.75 Å². The molecule has 0 radical (unpaired) electrons. The van der Waals surface area contributed by atoms with Crippen molar-refractivity contribution < 1.29 is 19.0 Å². The summed E-state index contributed by atoms with van der Waals surface area (Å²) in [5.74, 6) is 1.42. The first kappa shape index (κ1) is 22.1. The molecule has 1 atom stereocenters. The Bertz CT molecular complexity index is 1140. The lowest BCUT2D eigenvalue weighted by Crippen LogP contribution is -2.27. The highest BCUT2D eigenvalue weighted by molar-refractivity contribution is 8.05. The van der Waals surface area contributed by atoms with E-state index in [0.717, 1.165) is 11.1 Å². The number of ether oxygens (including phenoxy) is 3. The quantitative estimate of drug-likeness (QED) is 0.405. The third-order valence-corrected chi connectivity index (χ3v) is 6.66. The van der Waals surface area contributed by atoms with Crippen LogP contribution in [-0.2, 0) is 4.79 Å². The molecule has 0 aromatic heterocycles. The molecule has 0 spiro atoms. The van der Waals surface area contributed by atoms with Gasteiger partial charge in [0.1, 0.15) is 5.37 Å². The zero-order valence-electron chi connectivity index (χ0n) is 17.9. The Labute approximate surface area is 196 Å². The number of carbonyl (C=O) groups is 1. The van der Waals surface area contributed by atoms with Crippen molar-refractivity contribution in [3.63, 3.8) is 0 Å². The molecular weight excluding hydrogens is 446 g/mol. The van der Waals surface area contributed by atoms with Crippen LogP contribution in [0, 0.1) is 0 Å². The lowest BCUT2D eigenvalue weighted by Gasteiger charge is -2.25. The van der Waals surface area contributed by atoms with Gasteiger partial charge in [-0.15, -0.1) is 0 Å². The van der Waals surface area contributed by atoms with E-state index in [4.69, 9.17) is 25.8 Å². The fourth-order valence-electron chi connectivity index (χ4n) is 3.59. The largest absolute Gasteiger partial charge is 0.493 e. The number of nitrogens with zero attached hydrogens (tertiary/aromatic N) is 1. The molecule has 3 aromatic rings. The van der Waals surface area contributed by atoms with Gasteiger partial charge in [-0.1, -0.05) is 65.8 Å². The van der Waals surface area contributed by atoms with Crippen LogP contribution in [-0.4, -0.2) is 27.2 Å². The molecule has 1 saturated heterocycles. The van der Waals surface area contributed by atoms with Crippen molar-refractivity contribution in [2.24, 2.45) is 0 Å². The molecule has 1 aliphatic rings. The van der Waals surface area contributed by atoms with Crippen molar-refractivity contribution in [1.29, 1.82) is 0 Å². The molecule has 164 valence electrons. The Kier molecular flexibility index (Phi) is 6.63. The molecule has 0 N–H and O–H groups in total. The van der Waals surface area contributed by atoms with Crippen molar-refractivity contribution in [2.75, 3.05) is 26.2 Å². The average Bonchev–Trinajstić information content (AvgIpc) is 3.14. The Morgan fingerprint density at radius 2 is 1.53 bits per heavy atom. The van der Waals surface area contributed by atoms with Crippen molar-refractivity contribution in [1.82, 2.24) is 0 Å². The van der Waals surface area contributed by atoms with Crippen LogP contribution in [0.1, 0.15) is 16.5 Å². The number of amides is 1. The van der Waals surface area contributed by atoms with Crippen molar-refractivity contribution in [2.45, 2.75) is 5.37 Å². The fourth-order valence-corrected chi connectivity index (χ4v) is 5.05. The third kappa shape index (κ3) is 4.16. The second-order valence-corrected chi connectivity index (χ2v) is 8.50. The summed E-state index contributed by atoms with van der Waals surface area (Å²) in [6, 6.07) is 20.8. The van der Waals surface area contributed by atoms with Gasteiger partial charge in [-0.05, 0) is 41.5 Å². The molecule has 5 nitrogen and oxygen atoms in total. The predicted octanol–water partition coefficient (Wildman–Crippen LogP) is 6.19. The predicted molar refractivity (Wildman–Crippen MR) is 130 cm³/mol. The van der Waals surface area contributed by atoms with Crippen LogP contribution in [0.4, 0.5) is 5.69 Å². The maximum Gasteiger partial charge on any atom is 0.266 e. The molecule has 7 heteroatoms. The molecule has 1 unspecified atom stereocenters. The number of methoxy groups -OCH3 is 3. The second-order valence-electron chi connectivity index (χ2n) is 6.97. The second kappa shape index (κ2) is 9.59. The molecule has 4 rings (SSSR count). The van der Waals surface area contributed by atoms with Gasteiger partial charge in [0, 0.05) is 0 Å². The number of anilines is 1.